The number of benzene rings is 3. The van der Waals surface area contributed by atoms with Gasteiger partial charge in [-0.25, -0.2) is 28.4 Å². The van der Waals surface area contributed by atoms with Crippen molar-refractivity contribution >= 4 is 17.5 Å². The number of phenolic OH excluding ortho intramolecular Hbond substituents is 1. The first-order chi connectivity index (χ1) is 20.3. The molecule has 3 aromatic carbocycles. The Kier molecular flexibility index (Phi) is 5.66. The number of imide groups is 1. The fraction of sp³-hybridized carbons (Fsp3) is 0.250. The molecule has 4 aromatic rings. The van der Waals surface area contributed by atoms with Gasteiger partial charge in [-0.05, 0) is 49.2 Å². The molecule has 1 saturated heterocycles. The van der Waals surface area contributed by atoms with Crippen molar-refractivity contribution in [2.45, 2.75) is 31.8 Å². The molecule has 0 spiro atoms. The molecule has 1 aromatic heterocycles. The molecule has 10 nitrogen and oxygen atoms in total. The monoisotopic (exact) mass is 564 g/mol. The average molecular weight is 565 g/mol. The lowest BCUT2D eigenvalue weighted by atomic mass is 9.56. The topological polar surface area (TPSA) is 116 Å². The number of hydrogen-bond donors (Lipinski definition) is 1. The molecular formula is C32H28N4O6. The lowest BCUT2D eigenvalue weighted by Gasteiger charge is -2.47. The van der Waals surface area contributed by atoms with Crippen molar-refractivity contribution in [3.63, 3.8) is 0 Å². The first kappa shape index (κ1) is 25.8. The van der Waals surface area contributed by atoms with Gasteiger partial charge in [-0.15, -0.1) is 0 Å². The van der Waals surface area contributed by atoms with Crippen LogP contribution in [0.5, 0.6) is 11.5 Å². The van der Waals surface area contributed by atoms with Crippen molar-refractivity contribution in [1.82, 2.24) is 13.9 Å². The van der Waals surface area contributed by atoms with Crippen molar-refractivity contribution < 1.29 is 19.4 Å². The Morgan fingerprint density at radius 3 is 2.21 bits per heavy atom. The number of aromatic hydroxyl groups is 1. The molecule has 10 heteroatoms. The molecule has 1 N–H and O–H groups in total. The first-order valence-electron chi connectivity index (χ1n) is 13.8. The van der Waals surface area contributed by atoms with E-state index in [0.29, 0.717) is 22.7 Å². The Morgan fingerprint density at radius 1 is 0.881 bits per heavy atom. The van der Waals surface area contributed by atoms with Crippen LogP contribution in [0.1, 0.15) is 30.9 Å². The van der Waals surface area contributed by atoms with Crippen LogP contribution in [0.4, 0.5) is 5.69 Å². The SMILES string of the molecule is COc1cc(O)ccc1[C@H]1C2=CCn3c(=O)n(-c4ccccc4)c(=O)n3[C@@H]2C[C@H]2C(=O)N(c3ccccc3)C(=O)[C@@]12C. The van der Waals surface area contributed by atoms with Gasteiger partial charge < -0.3 is 9.84 Å². The lowest BCUT2D eigenvalue weighted by Crippen LogP contribution is -2.49. The normalized spacial score (nSPS) is 24.6. The van der Waals surface area contributed by atoms with Crippen LogP contribution in [-0.4, -0.2) is 38.0 Å². The molecular weight excluding hydrogens is 536 g/mol. The van der Waals surface area contributed by atoms with Crippen LogP contribution in [0.15, 0.2) is 100 Å². The van der Waals surface area contributed by atoms with Gasteiger partial charge in [-0.3, -0.25) is 9.59 Å². The molecule has 2 amide bonds. The van der Waals surface area contributed by atoms with Crippen molar-refractivity contribution in [2.75, 3.05) is 12.0 Å². The number of phenols is 1. The standard InChI is InChI=1S/C32H28N4O6/c1-32-24(28(38)34(29(32)39)19-9-5-3-6-10-19)18-25-22(27(32)23-14-13-21(37)17-26(23)42-2)15-16-33-30(40)35(31(41)36(25)33)20-11-7-4-8-12-20/h3-15,17,24-25,27,37H,16,18H2,1-2H3/t24-,25+,27+,32+/m0/s1. The summed E-state index contributed by atoms with van der Waals surface area (Å²) in [5.74, 6) is -1.84. The minimum absolute atomic E-state index is 0.00739. The number of para-hydroxylation sites is 2. The maximum absolute atomic E-state index is 14.4. The number of hydrogen-bond acceptors (Lipinski definition) is 6. The van der Waals surface area contributed by atoms with Crippen LogP contribution >= 0.6 is 0 Å². The molecule has 42 heavy (non-hydrogen) atoms. The summed E-state index contributed by atoms with van der Waals surface area (Å²) >= 11 is 0. The second-order valence-corrected chi connectivity index (χ2v) is 11.1. The van der Waals surface area contributed by atoms with Gasteiger partial charge in [-0.1, -0.05) is 48.5 Å². The number of carbonyl (C=O) groups is 2. The zero-order valence-electron chi connectivity index (χ0n) is 23.0. The minimum atomic E-state index is -1.23. The summed E-state index contributed by atoms with van der Waals surface area (Å²) in [7, 11) is 1.48. The molecule has 2 fully saturated rings. The molecule has 2 aliphatic heterocycles. The van der Waals surface area contributed by atoms with E-state index < -0.39 is 34.7 Å². The number of aromatic nitrogens is 3. The Hall–Kier alpha value is -5.12. The molecule has 4 atom stereocenters. The summed E-state index contributed by atoms with van der Waals surface area (Å²) in [5.41, 5.74) is 0.0614. The van der Waals surface area contributed by atoms with Gasteiger partial charge in [0.2, 0.25) is 11.8 Å². The van der Waals surface area contributed by atoms with E-state index in [2.05, 4.69) is 0 Å². The molecule has 3 heterocycles. The van der Waals surface area contributed by atoms with Gasteiger partial charge >= 0.3 is 11.4 Å². The predicted octanol–water partition coefficient (Wildman–Crippen LogP) is 3.38. The summed E-state index contributed by atoms with van der Waals surface area (Å²) in [6.07, 6.45) is 2.05. The van der Waals surface area contributed by atoms with E-state index >= 15 is 0 Å². The highest BCUT2D eigenvalue weighted by Crippen LogP contribution is 2.62. The number of fused-ring (bicyclic) bond motifs is 4. The fourth-order valence-corrected chi connectivity index (χ4v) is 7.18. The summed E-state index contributed by atoms with van der Waals surface area (Å²) in [4.78, 5) is 57.3. The van der Waals surface area contributed by atoms with Gasteiger partial charge in [0.25, 0.3) is 0 Å². The van der Waals surface area contributed by atoms with E-state index in [-0.39, 0.29) is 30.5 Å². The van der Waals surface area contributed by atoms with E-state index in [1.165, 1.54) is 33.5 Å². The van der Waals surface area contributed by atoms with Crippen LogP contribution in [0, 0.1) is 11.3 Å². The molecule has 1 saturated carbocycles. The highest BCUT2D eigenvalue weighted by Gasteiger charge is 2.65. The number of carbonyl (C=O) groups excluding carboxylic acids is 2. The first-order valence-corrected chi connectivity index (χ1v) is 13.8. The number of amides is 2. The van der Waals surface area contributed by atoms with E-state index in [1.54, 1.807) is 67.6 Å². The maximum atomic E-state index is 14.4. The van der Waals surface area contributed by atoms with Gasteiger partial charge in [0.05, 0.1) is 42.4 Å². The van der Waals surface area contributed by atoms with Crippen molar-refractivity contribution in [3.8, 4) is 17.2 Å². The molecule has 0 unspecified atom stereocenters. The van der Waals surface area contributed by atoms with Crippen molar-refractivity contribution in [3.05, 3.63) is 117 Å². The van der Waals surface area contributed by atoms with Crippen molar-refractivity contribution in [1.29, 1.82) is 0 Å². The van der Waals surface area contributed by atoms with E-state index in [9.17, 15) is 24.3 Å². The van der Waals surface area contributed by atoms with Gasteiger partial charge in [0.1, 0.15) is 11.5 Å². The Balaban J connectivity index is 1.46. The number of anilines is 1. The number of rotatable bonds is 4. The Morgan fingerprint density at radius 2 is 1.55 bits per heavy atom. The third-order valence-electron chi connectivity index (χ3n) is 9.09. The lowest BCUT2D eigenvalue weighted by molar-refractivity contribution is -0.129. The molecule has 0 radical (unpaired) electrons. The van der Waals surface area contributed by atoms with Crippen LogP contribution in [0.2, 0.25) is 0 Å². The minimum Gasteiger partial charge on any atom is -0.508 e. The smallest absolute Gasteiger partial charge is 0.352 e. The van der Waals surface area contributed by atoms with Gasteiger partial charge in [0.15, 0.2) is 0 Å². The van der Waals surface area contributed by atoms with Gasteiger partial charge in [-0.2, -0.15) is 0 Å². The summed E-state index contributed by atoms with van der Waals surface area (Å²) in [6.45, 7) is 1.91. The average Bonchev–Trinajstić information content (AvgIpc) is 3.37. The summed E-state index contributed by atoms with van der Waals surface area (Å²) in [5, 5.41) is 10.2. The zero-order valence-corrected chi connectivity index (χ0v) is 23.0. The third-order valence-corrected chi connectivity index (χ3v) is 9.09. The fourth-order valence-electron chi connectivity index (χ4n) is 7.18. The highest BCUT2D eigenvalue weighted by molar-refractivity contribution is 6.24. The van der Waals surface area contributed by atoms with E-state index in [4.69, 9.17) is 4.74 Å². The number of nitrogens with zero attached hydrogens (tertiary/aromatic N) is 4. The summed E-state index contributed by atoms with van der Waals surface area (Å²) < 4.78 is 9.65. The zero-order chi connectivity index (χ0) is 29.3. The number of allylic oxidation sites excluding steroid dienone is 2. The van der Waals surface area contributed by atoms with E-state index in [0.717, 1.165) is 10.1 Å². The maximum Gasteiger partial charge on any atom is 0.352 e. The Bertz CT molecular complexity index is 1900. The highest BCUT2D eigenvalue weighted by atomic mass is 16.5. The predicted molar refractivity (Wildman–Crippen MR) is 154 cm³/mol. The van der Waals surface area contributed by atoms with Crippen molar-refractivity contribution in [2.24, 2.45) is 11.3 Å². The quantitative estimate of drug-likeness (QED) is 0.300. The largest absolute Gasteiger partial charge is 0.508 e. The van der Waals surface area contributed by atoms with Crippen LogP contribution in [0.3, 0.4) is 0 Å². The summed E-state index contributed by atoms with van der Waals surface area (Å²) in [6, 6.07) is 21.5. The van der Waals surface area contributed by atoms with E-state index in [1.807, 2.05) is 12.1 Å². The number of ether oxygens (including phenoxy) is 1. The van der Waals surface area contributed by atoms with Crippen LogP contribution < -0.4 is 21.0 Å². The molecule has 3 aliphatic rings. The molecule has 212 valence electrons. The molecule has 1 aliphatic carbocycles. The third kappa shape index (κ3) is 3.38. The van der Waals surface area contributed by atoms with Gasteiger partial charge in [0, 0.05) is 17.5 Å². The van der Waals surface area contributed by atoms with Crippen LogP contribution in [0.25, 0.3) is 5.69 Å². The molecule has 0 bridgehead atoms. The second-order valence-electron chi connectivity index (χ2n) is 11.1. The van der Waals surface area contributed by atoms with Crippen LogP contribution in [-0.2, 0) is 16.1 Å². The Labute approximate surface area is 240 Å². The molecule has 7 rings (SSSR count). The number of methoxy groups -OCH3 is 1. The second kappa shape index (κ2) is 9.20.